The fourth-order valence-corrected chi connectivity index (χ4v) is 2.06. The van der Waals surface area contributed by atoms with Gasteiger partial charge in [-0.05, 0) is 19.3 Å². The summed E-state index contributed by atoms with van der Waals surface area (Å²) in [5.74, 6) is -0.876. The van der Waals surface area contributed by atoms with E-state index in [0.717, 1.165) is 19.3 Å². The molecule has 0 saturated carbocycles. The van der Waals surface area contributed by atoms with Crippen LogP contribution in [0.2, 0.25) is 0 Å². The van der Waals surface area contributed by atoms with Crippen LogP contribution >= 0.6 is 0 Å². The number of carbonyl (C=O) groups is 2. The number of rotatable bonds is 8. The highest BCUT2D eigenvalue weighted by molar-refractivity contribution is 5.76. The van der Waals surface area contributed by atoms with Crippen LogP contribution in [-0.2, 0) is 4.79 Å². The second-order valence-corrected chi connectivity index (χ2v) is 4.61. The zero-order valence-electron chi connectivity index (χ0n) is 11.9. The highest BCUT2D eigenvalue weighted by Gasteiger charge is 2.20. The number of carbonyl (C=O) groups excluding carboxylic acids is 1. The number of hydrogen-bond acceptors (Lipinski definition) is 2. The molecule has 2 amide bonds. The third-order valence-corrected chi connectivity index (χ3v) is 3.20. The molecule has 2 N–H and O–H groups in total. The fraction of sp³-hybridized carbons (Fsp3) is 0.846. The van der Waals surface area contributed by atoms with Crippen molar-refractivity contribution >= 4 is 12.0 Å². The molecule has 0 aromatic heterocycles. The Morgan fingerprint density at radius 1 is 1.22 bits per heavy atom. The number of nitrogens with one attached hydrogen (secondary N) is 1. The lowest BCUT2D eigenvalue weighted by Gasteiger charge is -2.28. The smallest absolute Gasteiger partial charge is 0.317 e. The van der Waals surface area contributed by atoms with Gasteiger partial charge < -0.3 is 15.3 Å². The summed E-state index contributed by atoms with van der Waals surface area (Å²) < 4.78 is 0. The summed E-state index contributed by atoms with van der Waals surface area (Å²) in [6, 6.07) is -0.252. The number of nitrogens with zero attached hydrogens (tertiary/aromatic N) is 1. The van der Waals surface area contributed by atoms with Crippen molar-refractivity contribution < 1.29 is 14.7 Å². The van der Waals surface area contributed by atoms with E-state index in [1.165, 1.54) is 0 Å². The molecule has 0 bridgehead atoms. The molecule has 0 aromatic carbocycles. The zero-order valence-corrected chi connectivity index (χ0v) is 11.9. The van der Waals surface area contributed by atoms with Gasteiger partial charge in [-0.25, -0.2) is 4.79 Å². The lowest BCUT2D eigenvalue weighted by molar-refractivity contribution is -0.137. The second-order valence-electron chi connectivity index (χ2n) is 4.61. The van der Waals surface area contributed by atoms with Gasteiger partial charge in [-0.15, -0.1) is 0 Å². The Balaban J connectivity index is 4.43. The average Bonchev–Trinajstić information content (AvgIpc) is 2.29. The van der Waals surface area contributed by atoms with E-state index in [0.29, 0.717) is 6.42 Å². The number of aliphatic carboxylic acids is 1. The van der Waals surface area contributed by atoms with E-state index in [4.69, 9.17) is 5.11 Å². The molecule has 5 heteroatoms. The van der Waals surface area contributed by atoms with E-state index >= 15 is 0 Å². The maximum absolute atomic E-state index is 12.0. The molecule has 1 unspecified atom stereocenters. The van der Waals surface area contributed by atoms with Crippen molar-refractivity contribution in [3.8, 4) is 0 Å². The summed E-state index contributed by atoms with van der Waals surface area (Å²) in [6.07, 6.45) is 3.33. The standard InChI is InChI=1S/C13H26N2O3/c1-5-8-10(9-12(16)17)14-13(18)15(4)11(6-2)7-3/h10-11H,5-9H2,1-4H3,(H,14,18)(H,16,17). The highest BCUT2D eigenvalue weighted by atomic mass is 16.4. The monoisotopic (exact) mass is 258 g/mol. The third-order valence-electron chi connectivity index (χ3n) is 3.20. The topological polar surface area (TPSA) is 69.6 Å². The highest BCUT2D eigenvalue weighted by Crippen LogP contribution is 2.08. The minimum absolute atomic E-state index is 0.0175. The van der Waals surface area contributed by atoms with Crippen molar-refractivity contribution in [3.05, 3.63) is 0 Å². The number of carboxylic acid groups (broad SMARTS) is 1. The summed E-state index contributed by atoms with van der Waals surface area (Å²) in [5, 5.41) is 11.6. The van der Waals surface area contributed by atoms with Crippen LogP contribution in [0.5, 0.6) is 0 Å². The van der Waals surface area contributed by atoms with Crippen LogP contribution in [0.4, 0.5) is 4.79 Å². The Morgan fingerprint density at radius 2 is 1.78 bits per heavy atom. The third kappa shape index (κ3) is 5.89. The predicted octanol–water partition coefficient (Wildman–Crippen LogP) is 2.46. The van der Waals surface area contributed by atoms with Crippen LogP contribution in [-0.4, -0.2) is 41.1 Å². The van der Waals surface area contributed by atoms with Crippen LogP contribution in [0.3, 0.4) is 0 Å². The van der Waals surface area contributed by atoms with Gasteiger partial charge in [-0.2, -0.15) is 0 Å². The van der Waals surface area contributed by atoms with Crippen molar-refractivity contribution in [1.82, 2.24) is 10.2 Å². The van der Waals surface area contributed by atoms with Gasteiger partial charge in [0.25, 0.3) is 0 Å². The van der Waals surface area contributed by atoms with Crippen molar-refractivity contribution in [2.75, 3.05) is 7.05 Å². The Morgan fingerprint density at radius 3 is 2.17 bits per heavy atom. The van der Waals surface area contributed by atoms with Crippen molar-refractivity contribution in [2.45, 2.75) is 65.0 Å². The molecule has 0 aliphatic heterocycles. The van der Waals surface area contributed by atoms with Gasteiger partial charge in [0.15, 0.2) is 0 Å². The number of urea groups is 1. The molecular formula is C13H26N2O3. The summed E-state index contributed by atoms with van der Waals surface area (Å²) in [7, 11) is 1.76. The lowest BCUT2D eigenvalue weighted by Crippen LogP contribution is -2.47. The SMILES string of the molecule is CCCC(CC(=O)O)NC(=O)N(C)C(CC)CC. The van der Waals surface area contributed by atoms with Gasteiger partial charge >= 0.3 is 12.0 Å². The van der Waals surface area contributed by atoms with E-state index in [1.54, 1.807) is 11.9 Å². The molecule has 0 spiro atoms. The minimum Gasteiger partial charge on any atom is -0.481 e. The van der Waals surface area contributed by atoms with Crippen LogP contribution < -0.4 is 5.32 Å². The van der Waals surface area contributed by atoms with E-state index in [9.17, 15) is 9.59 Å². The maximum Gasteiger partial charge on any atom is 0.317 e. The van der Waals surface area contributed by atoms with Gasteiger partial charge in [0.1, 0.15) is 0 Å². The quantitative estimate of drug-likeness (QED) is 0.702. The van der Waals surface area contributed by atoms with Gasteiger partial charge in [-0.1, -0.05) is 27.2 Å². The molecule has 0 fully saturated rings. The molecule has 0 aliphatic carbocycles. The summed E-state index contributed by atoms with van der Waals surface area (Å²) in [6.45, 7) is 6.06. The molecule has 1 atom stereocenters. The maximum atomic E-state index is 12.0. The molecule has 0 aliphatic rings. The summed E-state index contributed by atoms with van der Waals surface area (Å²) in [5.41, 5.74) is 0. The van der Waals surface area contributed by atoms with Crippen LogP contribution in [0, 0.1) is 0 Å². The molecule has 0 heterocycles. The number of carboxylic acids is 1. The van der Waals surface area contributed by atoms with E-state index < -0.39 is 5.97 Å². The van der Waals surface area contributed by atoms with Gasteiger partial charge in [0, 0.05) is 19.1 Å². The second kappa shape index (κ2) is 8.78. The normalized spacial score (nSPS) is 12.3. The van der Waals surface area contributed by atoms with Crippen LogP contribution in [0.15, 0.2) is 0 Å². The van der Waals surface area contributed by atoms with E-state index in [1.807, 2.05) is 20.8 Å². The zero-order chi connectivity index (χ0) is 14.1. The molecule has 0 aromatic rings. The summed E-state index contributed by atoms with van der Waals surface area (Å²) in [4.78, 5) is 24.4. The molecule has 0 radical (unpaired) electrons. The first-order valence-electron chi connectivity index (χ1n) is 6.71. The first kappa shape index (κ1) is 16.7. The fourth-order valence-electron chi connectivity index (χ4n) is 2.06. The van der Waals surface area contributed by atoms with Crippen molar-refractivity contribution in [2.24, 2.45) is 0 Å². The lowest BCUT2D eigenvalue weighted by atomic mass is 10.1. The molecule has 106 valence electrons. The van der Waals surface area contributed by atoms with Crippen molar-refractivity contribution in [3.63, 3.8) is 0 Å². The van der Waals surface area contributed by atoms with Crippen LogP contribution in [0.25, 0.3) is 0 Å². The molecular weight excluding hydrogens is 232 g/mol. The molecule has 5 nitrogen and oxygen atoms in total. The van der Waals surface area contributed by atoms with Gasteiger partial charge in [-0.3, -0.25) is 4.79 Å². The Labute approximate surface area is 110 Å². The Kier molecular flexibility index (Phi) is 8.16. The molecule has 18 heavy (non-hydrogen) atoms. The van der Waals surface area contributed by atoms with Crippen molar-refractivity contribution in [1.29, 1.82) is 0 Å². The number of amides is 2. The summed E-state index contributed by atoms with van der Waals surface area (Å²) >= 11 is 0. The van der Waals surface area contributed by atoms with Gasteiger partial charge in [0.05, 0.1) is 6.42 Å². The van der Waals surface area contributed by atoms with Crippen LogP contribution in [0.1, 0.15) is 52.9 Å². The Hall–Kier alpha value is -1.26. The van der Waals surface area contributed by atoms with E-state index in [-0.39, 0.29) is 24.5 Å². The molecule has 0 rings (SSSR count). The largest absolute Gasteiger partial charge is 0.481 e. The minimum atomic E-state index is -0.876. The predicted molar refractivity (Wildman–Crippen MR) is 71.6 cm³/mol. The first-order valence-corrected chi connectivity index (χ1v) is 6.71. The van der Waals surface area contributed by atoms with Gasteiger partial charge in [0.2, 0.25) is 0 Å². The average molecular weight is 258 g/mol. The first-order chi connectivity index (χ1) is 8.46. The number of hydrogen-bond donors (Lipinski definition) is 2. The van der Waals surface area contributed by atoms with E-state index in [2.05, 4.69) is 5.32 Å². The molecule has 0 saturated heterocycles. The Bertz CT molecular complexity index is 265.